The molecule has 0 saturated heterocycles. The monoisotopic (exact) mass is 362 g/mol. The zero-order chi connectivity index (χ0) is 18.4. The van der Waals surface area contributed by atoms with Crippen LogP contribution in [0.3, 0.4) is 0 Å². The lowest BCUT2D eigenvalue weighted by Gasteiger charge is -2.26. The molecule has 1 fully saturated rings. The number of aromatic nitrogens is 6. The molecule has 3 N–H and O–H groups in total. The van der Waals surface area contributed by atoms with Crippen LogP contribution in [-0.2, 0) is 7.05 Å². The lowest BCUT2D eigenvalue weighted by Crippen LogP contribution is -2.33. The minimum Gasteiger partial charge on any atom is -0.350 e. The van der Waals surface area contributed by atoms with E-state index in [1.54, 1.807) is 4.68 Å². The molecule has 138 valence electrons. The van der Waals surface area contributed by atoms with Crippen LogP contribution in [0.2, 0.25) is 0 Å². The number of nitrogens with zero attached hydrogens (tertiary/aromatic N) is 6. The number of hydrogen-bond donors (Lipinski definition) is 2. The van der Waals surface area contributed by atoms with Gasteiger partial charge >= 0.3 is 0 Å². The van der Waals surface area contributed by atoms with Crippen molar-refractivity contribution >= 4 is 22.5 Å². The summed E-state index contributed by atoms with van der Waals surface area (Å²) in [4.78, 5) is 4.54. The van der Waals surface area contributed by atoms with Crippen LogP contribution in [-0.4, -0.2) is 41.7 Å². The molecule has 0 radical (unpaired) electrons. The number of anilines is 1. The average molecular weight is 362 g/mol. The standard InChI is InChI=1S/C19H22N8/c1-26-17-10-12(2-7-16(17)23-25-26)15-8-9-27-18(15)11-21-19(24-27)22-14-5-3-13(20)4-6-14/h2,7-11,13-14H,3-6,20H2,1H3,(H,22,24). The smallest absolute Gasteiger partial charge is 0.241 e. The van der Waals surface area contributed by atoms with Crippen molar-refractivity contribution in [2.45, 2.75) is 37.8 Å². The van der Waals surface area contributed by atoms with Crippen LogP contribution in [0.1, 0.15) is 25.7 Å². The molecule has 0 amide bonds. The van der Waals surface area contributed by atoms with Crippen LogP contribution >= 0.6 is 0 Å². The van der Waals surface area contributed by atoms with E-state index in [4.69, 9.17) is 5.73 Å². The Hall–Kier alpha value is -3.00. The highest BCUT2D eigenvalue weighted by atomic mass is 15.4. The molecule has 5 rings (SSSR count). The Morgan fingerprint density at radius 2 is 1.96 bits per heavy atom. The Balaban J connectivity index is 1.45. The van der Waals surface area contributed by atoms with Gasteiger partial charge in [0.25, 0.3) is 0 Å². The summed E-state index contributed by atoms with van der Waals surface area (Å²) in [6, 6.07) is 8.96. The minimum atomic E-state index is 0.338. The molecule has 1 aromatic carbocycles. The van der Waals surface area contributed by atoms with Crippen LogP contribution in [0, 0.1) is 0 Å². The predicted octanol–water partition coefficient (Wildman–Crippen LogP) is 2.36. The number of fused-ring (bicyclic) bond motifs is 2. The van der Waals surface area contributed by atoms with Gasteiger partial charge in [0.05, 0.1) is 17.2 Å². The summed E-state index contributed by atoms with van der Waals surface area (Å²) in [5.74, 6) is 0.663. The molecule has 0 aliphatic heterocycles. The first-order chi connectivity index (χ1) is 13.2. The van der Waals surface area contributed by atoms with Crippen molar-refractivity contribution in [1.29, 1.82) is 0 Å². The third-order valence-corrected chi connectivity index (χ3v) is 5.44. The van der Waals surface area contributed by atoms with Gasteiger partial charge in [-0.05, 0) is 49.4 Å². The van der Waals surface area contributed by atoms with Crippen molar-refractivity contribution in [2.75, 3.05) is 5.32 Å². The van der Waals surface area contributed by atoms with Crippen molar-refractivity contribution < 1.29 is 0 Å². The number of nitrogens with one attached hydrogen (secondary N) is 1. The highest BCUT2D eigenvalue weighted by molar-refractivity contribution is 5.87. The summed E-state index contributed by atoms with van der Waals surface area (Å²) in [6.45, 7) is 0. The second kappa shape index (κ2) is 6.31. The van der Waals surface area contributed by atoms with Crippen LogP contribution in [0.4, 0.5) is 5.95 Å². The van der Waals surface area contributed by atoms with E-state index < -0.39 is 0 Å². The number of rotatable bonds is 3. The van der Waals surface area contributed by atoms with Crippen molar-refractivity contribution in [3.63, 3.8) is 0 Å². The Morgan fingerprint density at radius 1 is 1.11 bits per heavy atom. The second-order valence-electron chi connectivity index (χ2n) is 7.31. The van der Waals surface area contributed by atoms with Crippen molar-refractivity contribution in [3.05, 3.63) is 36.7 Å². The summed E-state index contributed by atoms with van der Waals surface area (Å²) in [7, 11) is 1.90. The van der Waals surface area contributed by atoms with Gasteiger partial charge in [-0.25, -0.2) is 14.2 Å². The number of nitrogens with two attached hydrogens (primary N) is 1. The van der Waals surface area contributed by atoms with Crippen LogP contribution in [0.25, 0.3) is 27.7 Å². The van der Waals surface area contributed by atoms with E-state index in [1.807, 2.05) is 30.0 Å². The van der Waals surface area contributed by atoms with Crippen LogP contribution in [0.5, 0.6) is 0 Å². The summed E-state index contributed by atoms with van der Waals surface area (Å²) >= 11 is 0. The molecule has 3 heterocycles. The topological polar surface area (TPSA) is 99.0 Å². The maximum absolute atomic E-state index is 5.99. The van der Waals surface area contributed by atoms with E-state index in [0.717, 1.165) is 53.4 Å². The largest absolute Gasteiger partial charge is 0.350 e. The molecule has 1 saturated carbocycles. The van der Waals surface area contributed by atoms with Crippen LogP contribution < -0.4 is 11.1 Å². The summed E-state index contributed by atoms with van der Waals surface area (Å²) in [5.41, 5.74) is 11.0. The van der Waals surface area contributed by atoms with E-state index in [-0.39, 0.29) is 0 Å². The van der Waals surface area contributed by atoms with Gasteiger partial charge in [0, 0.05) is 30.9 Å². The molecule has 0 atom stereocenters. The molecule has 4 aromatic rings. The lowest BCUT2D eigenvalue weighted by atomic mass is 9.92. The molecule has 0 unspecified atom stereocenters. The van der Waals surface area contributed by atoms with Gasteiger partial charge < -0.3 is 11.1 Å². The zero-order valence-corrected chi connectivity index (χ0v) is 15.2. The first-order valence-electron chi connectivity index (χ1n) is 9.34. The molecule has 1 aliphatic carbocycles. The fraction of sp³-hybridized carbons (Fsp3) is 0.368. The van der Waals surface area contributed by atoms with E-state index in [1.165, 1.54) is 0 Å². The summed E-state index contributed by atoms with van der Waals surface area (Å²) < 4.78 is 3.66. The Morgan fingerprint density at radius 3 is 2.81 bits per heavy atom. The van der Waals surface area contributed by atoms with E-state index in [0.29, 0.717) is 18.0 Å². The highest BCUT2D eigenvalue weighted by Crippen LogP contribution is 2.28. The fourth-order valence-electron chi connectivity index (χ4n) is 3.85. The van der Waals surface area contributed by atoms with Crippen LogP contribution in [0.15, 0.2) is 36.7 Å². The predicted molar refractivity (Wildman–Crippen MR) is 104 cm³/mol. The van der Waals surface area contributed by atoms with Crippen molar-refractivity contribution in [1.82, 2.24) is 29.6 Å². The zero-order valence-electron chi connectivity index (χ0n) is 15.2. The number of benzene rings is 1. The number of aryl methyl sites for hydroxylation is 1. The molecular weight excluding hydrogens is 340 g/mol. The normalized spacial score (nSPS) is 20.4. The van der Waals surface area contributed by atoms with E-state index in [9.17, 15) is 0 Å². The van der Waals surface area contributed by atoms with Gasteiger partial charge in [0.15, 0.2) is 0 Å². The molecule has 0 bridgehead atoms. The lowest BCUT2D eigenvalue weighted by molar-refractivity contribution is 0.409. The third kappa shape index (κ3) is 2.91. The quantitative estimate of drug-likeness (QED) is 0.580. The average Bonchev–Trinajstić information content (AvgIpc) is 3.27. The van der Waals surface area contributed by atoms with E-state index >= 15 is 0 Å². The SMILES string of the molecule is Cn1nnc2ccc(-c3ccn4nc(NC5CCC(N)CC5)ncc34)cc21. The third-order valence-electron chi connectivity index (χ3n) is 5.44. The molecular formula is C19H22N8. The Bertz CT molecular complexity index is 1100. The maximum Gasteiger partial charge on any atom is 0.241 e. The van der Waals surface area contributed by atoms with Gasteiger partial charge in [0.2, 0.25) is 5.95 Å². The Labute approximate surface area is 156 Å². The van der Waals surface area contributed by atoms with Gasteiger partial charge in [-0.1, -0.05) is 11.3 Å². The second-order valence-corrected chi connectivity index (χ2v) is 7.31. The first-order valence-corrected chi connectivity index (χ1v) is 9.34. The minimum absolute atomic E-state index is 0.338. The molecule has 3 aromatic heterocycles. The molecule has 27 heavy (non-hydrogen) atoms. The molecule has 1 aliphatic rings. The van der Waals surface area contributed by atoms with Gasteiger partial charge in [0.1, 0.15) is 5.52 Å². The fourth-order valence-corrected chi connectivity index (χ4v) is 3.85. The van der Waals surface area contributed by atoms with Crippen molar-refractivity contribution in [3.8, 4) is 11.1 Å². The maximum atomic E-state index is 5.99. The van der Waals surface area contributed by atoms with Gasteiger partial charge in [-0.2, -0.15) is 0 Å². The summed E-state index contributed by atoms with van der Waals surface area (Å²) in [6.07, 6.45) is 8.10. The Kier molecular flexibility index (Phi) is 3.78. The van der Waals surface area contributed by atoms with Crippen molar-refractivity contribution in [2.24, 2.45) is 12.8 Å². The van der Waals surface area contributed by atoms with Gasteiger partial charge in [-0.3, -0.25) is 0 Å². The molecule has 8 heteroatoms. The highest BCUT2D eigenvalue weighted by Gasteiger charge is 2.19. The first kappa shape index (κ1) is 16.2. The molecule has 0 spiro atoms. The number of hydrogen-bond acceptors (Lipinski definition) is 6. The van der Waals surface area contributed by atoms with Gasteiger partial charge in [-0.15, -0.1) is 10.2 Å². The summed E-state index contributed by atoms with van der Waals surface area (Å²) in [5, 5.41) is 16.3. The molecule has 8 nitrogen and oxygen atoms in total. The van der Waals surface area contributed by atoms with E-state index in [2.05, 4.69) is 43.9 Å².